The molecule has 6 heteroatoms. The Kier molecular flexibility index (Phi) is 3.95. The predicted molar refractivity (Wildman–Crippen MR) is 62.1 cm³/mol. The van der Waals surface area contributed by atoms with Crippen LogP contribution in [0.2, 0.25) is 5.02 Å². The van der Waals surface area contributed by atoms with E-state index in [1.807, 2.05) is 0 Å². The van der Waals surface area contributed by atoms with E-state index in [0.29, 0.717) is 24.1 Å². The van der Waals surface area contributed by atoms with Gasteiger partial charge in [-0.15, -0.1) is 5.10 Å². The average Bonchev–Trinajstić information content (AvgIpc) is 2.79. The molecule has 0 unspecified atom stereocenters. The number of benzene rings is 1. The van der Waals surface area contributed by atoms with Crippen LogP contribution < -0.4 is 4.74 Å². The number of hydrogen-bond acceptors (Lipinski definition) is 5. The second-order valence-corrected chi connectivity index (χ2v) is 3.66. The summed E-state index contributed by atoms with van der Waals surface area (Å²) in [7, 11) is 1.59. The zero-order valence-electron chi connectivity index (χ0n) is 9.22. The quantitative estimate of drug-likeness (QED) is 0.767. The van der Waals surface area contributed by atoms with Crippen molar-refractivity contribution < 1.29 is 13.9 Å². The highest BCUT2D eigenvalue weighted by molar-refractivity contribution is 6.30. The Balaban J connectivity index is 2.04. The molecule has 0 aliphatic carbocycles. The first kappa shape index (κ1) is 11.9. The SMILES string of the molecule is COCCOc1nnc(-c2ccc(Cl)cc2)o1. The number of hydrogen-bond donors (Lipinski definition) is 0. The van der Waals surface area contributed by atoms with Crippen LogP contribution in [0.4, 0.5) is 0 Å². The summed E-state index contributed by atoms with van der Waals surface area (Å²) in [6, 6.07) is 7.11. The first-order valence-electron chi connectivity index (χ1n) is 5.01. The molecule has 2 rings (SSSR count). The second-order valence-electron chi connectivity index (χ2n) is 3.22. The first-order chi connectivity index (χ1) is 8.29. The molecule has 0 spiro atoms. The topological polar surface area (TPSA) is 57.4 Å². The standard InChI is InChI=1S/C11H11ClN2O3/c1-15-6-7-16-11-14-13-10(17-11)8-2-4-9(12)5-3-8/h2-5H,6-7H2,1H3. The lowest BCUT2D eigenvalue weighted by Crippen LogP contribution is -2.04. The van der Waals surface area contributed by atoms with Crippen molar-refractivity contribution in [3.63, 3.8) is 0 Å². The Bertz CT molecular complexity index is 470. The van der Waals surface area contributed by atoms with Crippen molar-refractivity contribution >= 4 is 11.6 Å². The number of ether oxygens (including phenoxy) is 2. The van der Waals surface area contributed by atoms with E-state index in [1.165, 1.54) is 0 Å². The molecule has 0 radical (unpaired) electrons. The highest BCUT2D eigenvalue weighted by atomic mass is 35.5. The van der Waals surface area contributed by atoms with E-state index in [9.17, 15) is 0 Å². The molecule has 0 N–H and O–H groups in total. The molecule has 0 saturated heterocycles. The second kappa shape index (κ2) is 5.65. The Morgan fingerprint density at radius 2 is 1.94 bits per heavy atom. The molecule has 2 aromatic rings. The molecule has 17 heavy (non-hydrogen) atoms. The number of methoxy groups -OCH3 is 1. The summed E-state index contributed by atoms with van der Waals surface area (Å²) >= 11 is 5.78. The fraction of sp³-hybridized carbons (Fsp3) is 0.273. The molecule has 0 amide bonds. The maximum atomic E-state index is 5.78. The molecular formula is C11H11ClN2O3. The Labute approximate surface area is 103 Å². The maximum absolute atomic E-state index is 5.78. The van der Waals surface area contributed by atoms with E-state index >= 15 is 0 Å². The van der Waals surface area contributed by atoms with Crippen molar-refractivity contribution in [1.29, 1.82) is 0 Å². The summed E-state index contributed by atoms with van der Waals surface area (Å²) in [6.07, 6.45) is 0.131. The van der Waals surface area contributed by atoms with Gasteiger partial charge in [0.2, 0.25) is 0 Å². The number of rotatable bonds is 5. The van der Waals surface area contributed by atoms with Crippen molar-refractivity contribution in [1.82, 2.24) is 10.2 Å². The van der Waals surface area contributed by atoms with Crippen LogP contribution in [0.3, 0.4) is 0 Å². The number of nitrogens with zero attached hydrogens (tertiary/aromatic N) is 2. The van der Waals surface area contributed by atoms with Crippen LogP contribution in [0, 0.1) is 0 Å². The van der Waals surface area contributed by atoms with Gasteiger partial charge >= 0.3 is 6.08 Å². The van der Waals surface area contributed by atoms with Gasteiger partial charge in [-0.25, -0.2) is 0 Å². The third-order valence-corrected chi connectivity index (χ3v) is 2.26. The third-order valence-electron chi connectivity index (χ3n) is 2.01. The summed E-state index contributed by atoms with van der Waals surface area (Å²) in [5.74, 6) is 0.397. The van der Waals surface area contributed by atoms with Gasteiger partial charge in [0, 0.05) is 17.7 Å². The highest BCUT2D eigenvalue weighted by Crippen LogP contribution is 2.22. The minimum absolute atomic E-state index is 0.131. The molecule has 90 valence electrons. The van der Waals surface area contributed by atoms with Crippen LogP contribution in [-0.4, -0.2) is 30.5 Å². The van der Waals surface area contributed by atoms with E-state index in [0.717, 1.165) is 5.56 Å². The van der Waals surface area contributed by atoms with E-state index < -0.39 is 0 Å². The first-order valence-corrected chi connectivity index (χ1v) is 5.38. The third kappa shape index (κ3) is 3.18. The van der Waals surface area contributed by atoms with Crippen LogP contribution in [0.15, 0.2) is 28.7 Å². The van der Waals surface area contributed by atoms with Gasteiger partial charge < -0.3 is 13.9 Å². The van der Waals surface area contributed by atoms with Crippen LogP contribution >= 0.6 is 11.6 Å². The van der Waals surface area contributed by atoms with Gasteiger partial charge in [0.25, 0.3) is 5.89 Å². The van der Waals surface area contributed by atoms with Gasteiger partial charge in [-0.3, -0.25) is 0 Å². The van der Waals surface area contributed by atoms with Crippen molar-refractivity contribution in [3.05, 3.63) is 29.3 Å². The summed E-state index contributed by atoms with van der Waals surface area (Å²) in [6.45, 7) is 0.845. The number of aromatic nitrogens is 2. The minimum Gasteiger partial charge on any atom is -0.447 e. The lowest BCUT2D eigenvalue weighted by atomic mass is 10.2. The minimum atomic E-state index is 0.131. The smallest absolute Gasteiger partial charge is 0.414 e. The monoisotopic (exact) mass is 254 g/mol. The summed E-state index contributed by atoms with van der Waals surface area (Å²) in [5, 5.41) is 8.29. The molecule has 0 aliphatic rings. The molecule has 1 aromatic carbocycles. The molecule has 0 bridgehead atoms. The fourth-order valence-corrected chi connectivity index (χ4v) is 1.32. The molecule has 5 nitrogen and oxygen atoms in total. The van der Waals surface area contributed by atoms with Crippen LogP contribution in [0.5, 0.6) is 6.08 Å². The lowest BCUT2D eigenvalue weighted by Gasteiger charge is -1.98. The van der Waals surface area contributed by atoms with Crippen molar-refractivity contribution in [2.45, 2.75) is 0 Å². The maximum Gasteiger partial charge on any atom is 0.414 e. The largest absolute Gasteiger partial charge is 0.447 e. The summed E-state index contributed by atoms with van der Waals surface area (Å²) < 4.78 is 15.3. The molecule has 0 atom stereocenters. The fourth-order valence-electron chi connectivity index (χ4n) is 1.19. The normalized spacial score (nSPS) is 10.5. The Morgan fingerprint density at radius 3 is 2.65 bits per heavy atom. The molecule has 0 saturated carbocycles. The average molecular weight is 255 g/mol. The molecule has 1 aromatic heterocycles. The highest BCUT2D eigenvalue weighted by Gasteiger charge is 2.08. The van der Waals surface area contributed by atoms with E-state index in [-0.39, 0.29) is 6.08 Å². The molecule has 0 fully saturated rings. The van der Waals surface area contributed by atoms with Gasteiger partial charge in [0.1, 0.15) is 6.61 Å². The van der Waals surface area contributed by atoms with Gasteiger partial charge in [-0.1, -0.05) is 16.7 Å². The van der Waals surface area contributed by atoms with Crippen molar-refractivity contribution in [2.75, 3.05) is 20.3 Å². The predicted octanol–water partition coefficient (Wildman–Crippen LogP) is 2.42. The van der Waals surface area contributed by atoms with Gasteiger partial charge in [-0.05, 0) is 24.3 Å². The summed E-state index contributed by atoms with van der Waals surface area (Å²) in [4.78, 5) is 0. The Hall–Kier alpha value is -1.59. The number of halogens is 1. The zero-order valence-corrected chi connectivity index (χ0v) is 9.98. The lowest BCUT2D eigenvalue weighted by molar-refractivity contribution is 0.126. The van der Waals surface area contributed by atoms with Gasteiger partial charge in [0.15, 0.2) is 0 Å². The molecule has 1 heterocycles. The molecular weight excluding hydrogens is 244 g/mol. The van der Waals surface area contributed by atoms with Crippen LogP contribution in [0.1, 0.15) is 0 Å². The van der Waals surface area contributed by atoms with Crippen molar-refractivity contribution in [3.8, 4) is 17.5 Å². The Morgan fingerprint density at radius 1 is 1.18 bits per heavy atom. The van der Waals surface area contributed by atoms with Crippen molar-refractivity contribution in [2.24, 2.45) is 0 Å². The van der Waals surface area contributed by atoms with Gasteiger partial charge in [0.05, 0.1) is 6.61 Å². The van der Waals surface area contributed by atoms with E-state index in [4.69, 9.17) is 25.5 Å². The van der Waals surface area contributed by atoms with E-state index in [1.54, 1.807) is 31.4 Å². The summed E-state index contributed by atoms with van der Waals surface area (Å²) in [5.41, 5.74) is 0.795. The van der Waals surface area contributed by atoms with E-state index in [2.05, 4.69) is 10.2 Å². The van der Waals surface area contributed by atoms with Crippen LogP contribution in [-0.2, 0) is 4.74 Å². The zero-order chi connectivity index (χ0) is 12.1. The molecule has 0 aliphatic heterocycles. The van der Waals surface area contributed by atoms with Crippen LogP contribution in [0.25, 0.3) is 11.5 Å². The van der Waals surface area contributed by atoms with Gasteiger partial charge in [-0.2, -0.15) is 0 Å².